The fraction of sp³-hybridized carbons (Fsp3) is 0.636. The third-order valence-corrected chi connectivity index (χ3v) is 7.13. The number of anilines is 2. The molecule has 0 aromatic carbocycles. The monoisotopic (exact) mass is 442 g/mol. The second kappa shape index (κ2) is 8.11. The van der Waals surface area contributed by atoms with Crippen LogP contribution in [-0.4, -0.2) is 58.8 Å². The van der Waals surface area contributed by atoms with Gasteiger partial charge in [-0.05, 0) is 37.0 Å². The minimum atomic E-state index is -0.226. The summed E-state index contributed by atoms with van der Waals surface area (Å²) >= 11 is 1.66. The molecule has 9 heteroatoms. The highest BCUT2D eigenvalue weighted by atomic mass is 32.1. The third-order valence-electron chi connectivity index (χ3n) is 6.05. The molecule has 1 saturated heterocycles. The van der Waals surface area contributed by atoms with Crippen LogP contribution in [0.5, 0.6) is 0 Å². The highest BCUT2D eigenvalue weighted by Gasteiger charge is 2.33. The number of hydrogen-bond acceptors (Lipinski definition) is 9. The summed E-state index contributed by atoms with van der Waals surface area (Å²) in [6.07, 6.45) is 1.90. The van der Waals surface area contributed by atoms with Gasteiger partial charge < -0.3 is 19.7 Å². The molecule has 3 aromatic rings. The van der Waals surface area contributed by atoms with E-state index in [1.165, 1.54) is 11.1 Å². The molecular formula is C22H30N6O2S. The van der Waals surface area contributed by atoms with Gasteiger partial charge in [0.1, 0.15) is 20.9 Å². The number of fused-ring (bicyclic) bond motifs is 5. The minimum Gasteiger partial charge on any atom is -0.378 e. The molecule has 0 bridgehead atoms. The lowest BCUT2D eigenvalue weighted by Crippen LogP contribution is -2.39. The molecule has 0 spiro atoms. The van der Waals surface area contributed by atoms with Crippen LogP contribution in [0.15, 0.2) is 0 Å². The third kappa shape index (κ3) is 3.94. The Balaban J connectivity index is 1.67. The van der Waals surface area contributed by atoms with E-state index < -0.39 is 0 Å². The molecule has 0 aliphatic carbocycles. The lowest BCUT2D eigenvalue weighted by molar-refractivity contribution is -0.0396. The molecule has 5 heterocycles. The standard InChI is InChI=1S/C22H30N6O2S/c1-13(2)5-6-23-19-18-17(25-27-26-19)16-14-11-22(3,4)30-12-15(14)20(24-21(16)31-18)28-7-9-29-10-8-28/h13H,5-12H2,1-4H3,(H,23,25,26). The van der Waals surface area contributed by atoms with Gasteiger partial charge in [0.05, 0.1) is 25.4 Å². The van der Waals surface area contributed by atoms with E-state index in [4.69, 9.17) is 14.5 Å². The van der Waals surface area contributed by atoms with Crippen LogP contribution in [-0.2, 0) is 22.5 Å². The molecule has 1 N–H and O–H groups in total. The average Bonchev–Trinajstić information content (AvgIpc) is 3.12. The first-order chi connectivity index (χ1) is 14.9. The molecule has 0 saturated carbocycles. The van der Waals surface area contributed by atoms with Crippen LogP contribution in [0.25, 0.3) is 20.4 Å². The molecule has 2 aliphatic heterocycles. The Hall–Kier alpha value is -2.10. The summed E-state index contributed by atoms with van der Waals surface area (Å²) < 4.78 is 12.8. The Morgan fingerprint density at radius 2 is 1.97 bits per heavy atom. The second-order valence-corrected chi connectivity index (χ2v) is 10.4. The topological polar surface area (TPSA) is 85.3 Å². The maximum Gasteiger partial charge on any atom is 0.170 e. The van der Waals surface area contributed by atoms with Crippen LogP contribution in [0.2, 0.25) is 0 Å². The van der Waals surface area contributed by atoms with Crippen molar-refractivity contribution in [2.45, 2.75) is 52.7 Å². The number of nitrogens with zero attached hydrogens (tertiary/aromatic N) is 5. The van der Waals surface area contributed by atoms with Gasteiger partial charge in [-0.25, -0.2) is 4.98 Å². The summed E-state index contributed by atoms with van der Waals surface area (Å²) in [6.45, 7) is 13.3. The first kappa shape index (κ1) is 20.8. The molecule has 166 valence electrons. The van der Waals surface area contributed by atoms with Crippen molar-refractivity contribution < 1.29 is 9.47 Å². The highest BCUT2D eigenvalue weighted by Crippen LogP contribution is 2.43. The van der Waals surface area contributed by atoms with E-state index in [0.717, 1.165) is 77.8 Å². The lowest BCUT2D eigenvalue weighted by Gasteiger charge is -2.36. The molecule has 3 aromatic heterocycles. The van der Waals surface area contributed by atoms with Crippen LogP contribution in [0, 0.1) is 5.92 Å². The molecule has 0 amide bonds. The van der Waals surface area contributed by atoms with Crippen molar-refractivity contribution in [2.24, 2.45) is 5.92 Å². The van der Waals surface area contributed by atoms with Gasteiger partial charge in [0.15, 0.2) is 5.82 Å². The Labute approximate surface area is 186 Å². The summed E-state index contributed by atoms with van der Waals surface area (Å²) in [5.41, 5.74) is 3.15. The van der Waals surface area contributed by atoms with Gasteiger partial charge in [-0.2, -0.15) is 0 Å². The number of rotatable bonds is 5. The number of aromatic nitrogens is 4. The van der Waals surface area contributed by atoms with E-state index in [1.807, 2.05) is 0 Å². The normalized spacial score (nSPS) is 18.7. The Kier molecular flexibility index (Phi) is 5.44. The molecule has 0 atom stereocenters. The molecule has 2 aliphatic rings. The number of thiophene rings is 1. The number of hydrogen-bond donors (Lipinski definition) is 1. The van der Waals surface area contributed by atoms with Crippen LogP contribution >= 0.6 is 11.3 Å². The lowest BCUT2D eigenvalue weighted by atomic mass is 9.90. The van der Waals surface area contributed by atoms with E-state index in [9.17, 15) is 0 Å². The number of nitrogens with one attached hydrogen (secondary N) is 1. The number of pyridine rings is 1. The van der Waals surface area contributed by atoms with Gasteiger partial charge in [-0.15, -0.1) is 21.5 Å². The van der Waals surface area contributed by atoms with E-state index in [-0.39, 0.29) is 5.60 Å². The Bertz CT molecular complexity index is 1110. The number of ether oxygens (including phenoxy) is 2. The average molecular weight is 443 g/mol. The van der Waals surface area contributed by atoms with Crippen LogP contribution in [0.3, 0.4) is 0 Å². The molecule has 1 fully saturated rings. The number of morpholine rings is 1. The molecule has 0 radical (unpaired) electrons. The van der Waals surface area contributed by atoms with Crippen molar-refractivity contribution in [1.29, 1.82) is 0 Å². The first-order valence-electron chi connectivity index (χ1n) is 11.1. The summed E-state index contributed by atoms with van der Waals surface area (Å²) in [7, 11) is 0. The van der Waals surface area contributed by atoms with Gasteiger partial charge >= 0.3 is 0 Å². The van der Waals surface area contributed by atoms with E-state index >= 15 is 0 Å². The Morgan fingerprint density at radius 1 is 1.16 bits per heavy atom. The maximum absolute atomic E-state index is 6.20. The predicted octanol–water partition coefficient (Wildman–Crippen LogP) is 3.78. The smallest absolute Gasteiger partial charge is 0.170 e. The van der Waals surface area contributed by atoms with Gasteiger partial charge in [0, 0.05) is 37.0 Å². The quantitative estimate of drug-likeness (QED) is 0.639. The predicted molar refractivity (Wildman–Crippen MR) is 124 cm³/mol. The molecule has 5 rings (SSSR count). The SMILES string of the molecule is CC(C)CCNc1nnnc2c1sc1nc(N3CCOCC3)c3c(c12)CC(C)(C)OC3. The fourth-order valence-corrected chi connectivity index (χ4v) is 5.44. The van der Waals surface area contributed by atoms with Crippen molar-refractivity contribution in [1.82, 2.24) is 20.4 Å². The van der Waals surface area contributed by atoms with Gasteiger partial charge in [-0.1, -0.05) is 13.8 Å². The second-order valence-electron chi connectivity index (χ2n) is 9.42. The zero-order valence-corrected chi connectivity index (χ0v) is 19.5. The van der Waals surface area contributed by atoms with E-state index in [2.05, 4.69) is 53.3 Å². The zero-order chi connectivity index (χ0) is 21.6. The van der Waals surface area contributed by atoms with Crippen molar-refractivity contribution in [3.8, 4) is 0 Å². The van der Waals surface area contributed by atoms with Crippen molar-refractivity contribution >= 4 is 43.4 Å². The van der Waals surface area contributed by atoms with E-state index in [1.54, 1.807) is 11.3 Å². The van der Waals surface area contributed by atoms with Crippen molar-refractivity contribution in [3.63, 3.8) is 0 Å². The highest BCUT2D eigenvalue weighted by molar-refractivity contribution is 7.26. The minimum absolute atomic E-state index is 0.226. The van der Waals surface area contributed by atoms with Crippen molar-refractivity contribution in [3.05, 3.63) is 11.1 Å². The van der Waals surface area contributed by atoms with Crippen LogP contribution in [0.4, 0.5) is 11.6 Å². The first-order valence-corrected chi connectivity index (χ1v) is 11.9. The van der Waals surface area contributed by atoms with Crippen molar-refractivity contribution in [2.75, 3.05) is 43.1 Å². The molecular weight excluding hydrogens is 412 g/mol. The van der Waals surface area contributed by atoms with Crippen LogP contribution in [0.1, 0.15) is 45.2 Å². The maximum atomic E-state index is 6.20. The summed E-state index contributed by atoms with van der Waals surface area (Å²) in [5.74, 6) is 2.47. The van der Waals surface area contributed by atoms with Gasteiger partial charge in [0.2, 0.25) is 0 Å². The molecule has 0 unspecified atom stereocenters. The molecule has 31 heavy (non-hydrogen) atoms. The molecule has 8 nitrogen and oxygen atoms in total. The zero-order valence-electron chi connectivity index (χ0n) is 18.7. The summed E-state index contributed by atoms with van der Waals surface area (Å²) in [4.78, 5) is 8.47. The van der Waals surface area contributed by atoms with Gasteiger partial charge in [-0.3, -0.25) is 0 Å². The van der Waals surface area contributed by atoms with E-state index in [0.29, 0.717) is 12.5 Å². The Morgan fingerprint density at radius 3 is 2.74 bits per heavy atom. The summed E-state index contributed by atoms with van der Waals surface area (Å²) in [5, 5.41) is 17.5. The fourth-order valence-electron chi connectivity index (χ4n) is 4.35. The largest absolute Gasteiger partial charge is 0.378 e. The van der Waals surface area contributed by atoms with Gasteiger partial charge in [0.25, 0.3) is 0 Å². The summed E-state index contributed by atoms with van der Waals surface area (Å²) in [6, 6.07) is 0. The van der Waals surface area contributed by atoms with Crippen LogP contribution < -0.4 is 10.2 Å².